The summed E-state index contributed by atoms with van der Waals surface area (Å²) in [5.74, 6) is -0.0762. The Bertz CT molecular complexity index is 932. The van der Waals surface area contributed by atoms with Gasteiger partial charge in [-0.15, -0.1) is 0 Å². The van der Waals surface area contributed by atoms with Gasteiger partial charge in [0.15, 0.2) is 5.78 Å². The highest BCUT2D eigenvalue weighted by molar-refractivity contribution is 6.30. The van der Waals surface area contributed by atoms with Crippen LogP contribution in [0.15, 0.2) is 42.2 Å². The van der Waals surface area contributed by atoms with Gasteiger partial charge in [0.05, 0.1) is 5.57 Å². The summed E-state index contributed by atoms with van der Waals surface area (Å²) in [7, 11) is 0. The first kappa shape index (κ1) is 17.3. The van der Waals surface area contributed by atoms with E-state index >= 15 is 0 Å². The van der Waals surface area contributed by atoms with Crippen molar-refractivity contribution in [2.24, 2.45) is 11.8 Å². The molecule has 0 spiro atoms. The number of rotatable bonds is 3. The summed E-state index contributed by atoms with van der Waals surface area (Å²) in [6.45, 7) is 2.01. The van der Waals surface area contributed by atoms with Gasteiger partial charge in [-0.2, -0.15) is 0 Å². The molecule has 2 aliphatic carbocycles. The van der Waals surface area contributed by atoms with E-state index in [1.807, 2.05) is 25.1 Å². The van der Waals surface area contributed by atoms with E-state index in [1.165, 1.54) is 6.07 Å². The average Bonchev–Trinajstić information content (AvgIpc) is 3.07. The third kappa shape index (κ3) is 2.75. The lowest BCUT2D eigenvalue weighted by molar-refractivity contribution is -0.117. The van der Waals surface area contributed by atoms with Gasteiger partial charge < -0.3 is 5.11 Å². The molecule has 0 saturated heterocycles. The fourth-order valence-corrected chi connectivity index (χ4v) is 4.44. The number of fused-ring (bicyclic) bond motifs is 2. The van der Waals surface area contributed by atoms with Gasteiger partial charge >= 0.3 is 0 Å². The Labute approximate surface area is 157 Å². The quantitative estimate of drug-likeness (QED) is 0.721. The molecule has 26 heavy (non-hydrogen) atoms. The van der Waals surface area contributed by atoms with E-state index in [9.17, 15) is 14.3 Å². The van der Waals surface area contributed by atoms with E-state index in [1.54, 1.807) is 12.1 Å². The van der Waals surface area contributed by atoms with Crippen molar-refractivity contribution in [2.45, 2.75) is 32.6 Å². The van der Waals surface area contributed by atoms with E-state index in [4.69, 9.17) is 11.6 Å². The van der Waals surface area contributed by atoms with Crippen molar-refractivity contribution in [3.63, 3.8) is 0 Å². The molecule has 2 bridgehead atoms. The maximum atomic E-state index is 14.4. The second kappa shape index (κ2) is 6.55. The van der Waals surface area contributed by atoms with Crippen LogP contribution in [0, 0.1) is 17.7 Å². The van der Waals surface area contributed by atoms with Crippen LogP contribution in [0.5, 0.6) is 0 Å². The number of allylic oxidation sites excluding steroid dienone is 2. The number of aryl methyl sites for hydroxylation is 1. The number of aliphatic hydroxyl groups is 1. The number of aliphatic hydroxyl groups excluding tert-OH is 1. The predicted octanol–water partition coefficient (Wildman–Crippen LogP) is 5.98. The van der Waals surface area contributed by atoms with Gasteiger partial charge in [-0.25, -0.2) is 4.39 Å². The number of ketones is 1. The zero-order chi connectivity index (χ0) is 18.4. The second-order valence-electron chi connectivity index (χ2n) is 7.18. The molecule has 0 unspecified atom stereocenters. The Morgan fingerprint density at radius 2 is 1.88 bits per heavy atom. The Morgan fingerprint density at radius 1 is 1.12 bits per heavy atom. The lowest BCUT2D eigenvalue weighted by Crippen LogP contribution is -2.22. The molecule has 2 atom stereocenters. The highest BCUT2D eigenvalue weighted by Crippen LogP contribution is 2.46. The summed E-state index contributed by atoms with van der Waals surface area (Å²) in [6.07, 6.45) is 3.18. The molecular formula is C22H20ClFO2. The van der Waals surface area contributed by atoms with Crippen LogP contribution in [0.25, 0.3) is 16.7 Å². The molecule has 2 nitrogen and oxygen atoms in total. The fraction of sp³-hybridized carbons (Fsp3) is 0.318. The molecular weight excluding hydrogens is 351 g/mol. The minimum absolute atomic E-state index is 0.00605. The third-order valence-corrected chi connectivity index (χ3v) is 5.93. The number of hydrogen-bond acceptors (Lipinski definition) is 2. The van der Waals surface area contributed by atoms with Gasteiger partial charge in [0.25, 0.3) is 0 Å². The number of carbonyl (C=O) groups is 1. The molecule has 2 aliphatic rings. The van der Waals surface area contributed by atoms with E-state index in [2.05, 4.69) is 0 Å². The standard InChI is InChI=1S/C22H20ClFO2/c1-2-12-3-4-13(17-8-7-16(23)11-19(17)24)10-18(12)20-21(25)14-5-6-15(9-14)22(20)26/h3-4,7-8,10-11,14-15,25H,2,5-6,9H2,1H3/t14-,15+/m0/s1. The molecule has 134 valence electrons. The SMILES string of the molecule is CCc1ccc(-c2ccc(Cl)cc2F)cc1C1=C(O)[C@H]2CC[C@H](C2)C1=O. The molecule has 0 radical (unpaired) electrons. The normalized spacial score (nSPS) is 22.2. The zero-order valence-electron chi connectivity index (χ0n) is 14.6. The van der Waals surface area contributed by atoms with E-state index in [-0.39, 0.29) is 23.4 Å². The molecule has 4 rings (SSSR count). The van der Waals surface area contributed by atoms with Crippen LogP contribution in [-0.2, 0) is 11.2 Å². The first-order chi connectivity index (χ1) is 12.5. The molecule has 4 heteroatoms. The summed E-state index contributed by atoms with van der Waals surface area (Å²) in [5, 5.41) is 11.1. The first-order valence-corrected chi connectivity index (χ1v) is 9.43. The van der Waals surface area contributed by atoms with Gasteiger partial charge in [-0.3, -0.25) is 4.79 Å². The Balaban J connectivity index is 1.88. The molecule has 1 N–H and O–H groups in total. The lowest BCUT2D eigenvalue weighted by atomic mass is 9.81. The molecule has 2 aromatic carbocycles. The van der Waals surface area contributed by atoms with Crippen molar-refractivity contribution >= 4 is 23.0 Å². The van der Waals surface area contributed by atoms with Crippen molar-refractivity contribution < 1.29 is 14.3 Å². The summed E-state index contributed by atoms with van der Waals surface area (Å²) in [6, 6.07) is 10.2. The molecule has 2 aromatic rings. The largest absolute Gasteiger partial charge is 0.511 e. The zero-order valence-corrected chi connectivity index (χ0v) is 15.3. The van der Waals surface area contributed by atoms with Crippen LogP contribution in [0.3, 0.4) is 0 Å². The summed E-state index contributed by atoms with van der Waals surface area (Å²) in [4.78, 5) is 12.9. The van der Waals surface area contributed by atoms with E-state index < -0.39 is 5.82 Å². The molecule has 0 aliphatic heterocycles. The lowest BCUT2D eigenvalue weighted by Gasteiger charge is -2.23. The Morgan fingerprint density at radius 3 is 2.62 bits per heavy atom. The van der Waals surface area contributed by atoms with Crippen molar-refractivity contribution in [2.75, 3.05) is 0 Å². The fourth-order valence-electron chi connectivity index (χ4n) is 4.28. The Kier molecular flexibility index (Phi) is 4.36. The van der Waals surface area contributed by atoms with Crippen LogP contribution in [0.1, 0.15) is 37.3 Å². The van der Waals surface area contributed by atoms with Crippen LogP contribution in [0.2, 0.25) is 5.02 Å². The molecule has 0 heterocycles. The van der Waals surface area contributed by atoms with Crippen molar-refractivity contribution in [1.82, 2.24) is 0 Å². The number of Topliss-reactive ketones (excluding diaryl/α,β-unsaturated/α-hetero) is 1. The number of hydrogen-bond donors (Lipinski definition) is 1. The minimum Gasteiger partial charge on any atom is -0.511 e. The number of halogens is 2. The van der Waals surface area contributed by atoms with Gasteiger partial charge in [-0.1, -0.05) is 30.7 Å². The summed E-state index contributed by atoms with van der Waals surface area (Å²) >= 11 is 5.86. The first-order valence-electron chi connectivity index (χ1n) is 9.05. The van der Waals surface area contributed by atoms with Gasteiger partial charge in [0.1, 0.15) is 11.6 Å². The van der Waals surface area contributed by atoms with Gasteiger partial charge in [-0.05, 0) is 66.6 Å². The van der Waals surface area contributed by atoms with Crippen molar-refractivity contribution in [1.29, 1.82) is 0 Å². The van der Waals surface area contributed by atoms with Crippen LogP contribution >= 0.6 is 11.6 Å². The molecule has 0 aromatic heterocycles. The molecule has 1 fully saturated rings. The van der Waals surface area contributed by atoms with Crippen molar-refractivity contribution in [3.05, 3.63) is 64.1 Å². The number of benzene rings is 2. The Hall–Kier alpha value is -2.13. The van der Waals surface area contributed by atoms with E-state index in [0.29, 0.717) is 21.7 Å². The smallest absolute Gasteiger partial charge is 0.169 e. The summed E-state index contributed by atoms with van der Waals surface area (Å²) in [5.41, 5.74) is 3.27. The highest BCUT2D eigenvalue weighted by atomic mass is 35.5. The summed E-state index contributed by atoms with van der Waals surface area (Å²) < 4.78 is 14.4. The van der Waals surface area contributed by atoms with Crippen LogP contribution < -0.4 is 0 Å². The maximum Gasteiger partial charge on any atom is 0.169 e. The minimum atomic E-state index is -0.402. The monoisotopic (exact) mass is 370 g/mol. The maximum absolute atomic E-state index is 14.4. The number of carbonyl (C=O) groups excluding carboxylic acids is 1. The predicted molar refractivity (Wildman–Crippen MR) is 102 cm³/mol. The topological polar surface area (TPSA) is 37.3 Å². The molecule has 1 saturated carbocycles. The van der Waals surface area contributed by atoms with Crippen molar-refractivity contribution in [3.8, 4) is 11.1 Å². The van der Waals surface area contributed by atoms with Crippen LogP contribution in [-0.4, -0.2) is 10.9 Å². The third-order valence-electron chi connectivity index (χ3n) is 5.69. The van der Waals surface area contributed by atoms with Crippen LogP contribution in [0.4, 0.5) is 4.39 Å². The van der Waals surface area contributed by atoms with Gasteiger partial charge in [0.2, 0.25) is 0 Å². The van der Waals surface area contributed by atoms with E-state index in [0.717, 1.165) is 36.8 Å². The second-order valence-corrected chi connectivity index (χ2v) is 7.62. The van der Waals surface area contributed by atoms with Gasteiger partial charge in [0, 0.05) is 22.4 Å². The molecule has 0 amide bonds. The highest BCUT2D eigenvalue weighted by Gasteiger charge is 2.41. The average molecular weight is 371 g/mol.